The van der Waals surface area contributed by atoms with Gasteiger partial charge in [0.25, 0.3) is 5.56 Å². The summed E-state index contributed by atoms with van der Waals surface area (Å²) in [6, 6.07) is 1.05. The lowest BCUT2D eigenvalue weighted by atomic mass is 9.69. The van der Waals surface area contributed by atoms with Crippen molar-refractivity contribution in [3.8, 4) is 5.75 Å². The summed E-state index contributed by atoms with van der Waals surface area (Å²) in [4.78, 5) is 25.4. The Morgan fingerprint density at radius 1 is 1.12 bits per heavy atom. The Morgan fingerprint density at radius 2 is 1.75 bits per heavy atom. The number of aromatic hydroxyl groups is 1. The van der Waals surface area contributed by atoms with Gasteiger partial charge < -0.3 is 10.1 Å². The van der Waals surface area contributed by atoms with Crippen LogP contribution in [0.25, 0.3) is 0 Å². The van der Waals surface area contributed by atoms with Gasteiger partial charge in [0.15, 0.2) is 0 Å². The third-order valence-corrected chi connectivity index (χ3v) is 3.85. The van der Waals surface area contributed by atoms with Gasteiger partial charge in [0.05, 0.1) is 0 Å². The molecule has 0 spiro atoms. The summed E-state index contributed by atoms with van der Waals surface area (Å²) in [5.41, 5.74) is 0.323. The number of aromatic nitrogens is 1. The van der Waals surface area contributed by atoms with E-state index >= 15 is 0 Å². The minimum Gasteiger partial charge on any atom is -0.507 e. The fourth-order valence-electron chi connectivity index (χ4n) is 3.08. The van der Waals surface area contributed by atoms with Gasteiger partial charge in [0.1, 0.15) is 5.75 Å². The Hall–Kier alpha value is -1.58. The molecule has 0 aliphatic heterocycles. The fraction of sp³-hybridized carbons (Fsp3) is 0.500. The van der Waals surface area contributed by atoms with Crippen molar-refractivity contribution in [1.82, 2.24) is 4.98 Å². The van der Waals surface area contributed by atoms with Crippen molar-refractivity contribution in [2.75, 3.05) is 0 Å². The van der Waals surface area contributed by atoms with E-state index in [4.69, 9.17) is 0 Å². The zero-order chi connectivity index (χ0) is 11.3. The first-order chi connectivity index (χ1) is 7.66. The fourth-order valence-corrected chi connectivity index (χ4v) is 3.08. The highest BCUT2D eigenvalue weighted by Gasteiger charge is 2.35. The van der Waals surface area contributed by atoms with Gasteiger partial charge in [-0.25, -0.2) is 0 Å². The number of hydrogen-bond donors (Lipinski definition) is 2. The molecular weight excluding hydrogens is 206 g/mol. The molecule has 0 saturated heterocycles. The number of H-pyrrole nitrogens is 1. The maximum atomic E-state index is 11.4. The summed E-state index contributed by atoms with van der Waals surface area (Å²) >= 11 is 0. The monoisotopic (exact) mass is 219 g/mol. The topological polar surface area (TPSA) is 70.2 Å². The Bertz CT molecular complexity index is 553. The number of aromatic amines is 1. The smallest absolute Gasteiger partial charge is 0.296 e. The van der Waals surface area contributed by atoms with E-state index in [0.29, 0.717) is 11.8 Å². The van der Waals surface area contributed by atoms with Crippen LogP contribution < -0.4 is 11.0 Å². The molecule has 16 heavy (non-hydrogen) atoms. The van der Waals surface area contributed by atoms with Crippen LogP contribution in [0.4, 0.5) is 0 Å². The molecule has 1 heterocycles. The van der Waals surface area contributed by atoms with Gasteiger partial charge in [0.2, 0.25) is 5.43 Å². The molecule has 1 saturated carbocycles. The maximum Gasteiger partial charge on any atom is 0.296 e. The van der Waals surface area contributed by atoms with Crippen LogP contribution in [-0.4, -0.2) is 10.1 Å². The van der Waals surface area contributed by atoms with Gasteiger partial charge in [-0.1, -0.05) is 0 Å². The van der Waals surface area contributed by atoms with E-state index in [2.05, 4.69) is 4.98 Å². The van der Waals surface area contributed by atoms with Crippen LogP contribution in [0.3, 0.4) is 0 Å². The quantitative estimate of drug-likeness (QED) is 0.644. The number of fused-ring (bicyclic) bond motifs is 2. The van der Waals surface area contributed by atoms with Crippen LogP contribution in [0.1, 0.15) is 48.8 Å². The highest BCUT2D eigenvalue weighted by atomic mass is 16.3. The SMILES string of the molecule is O=c1cc(O)c2c([nH]c1=O)C1CCC2CC1. The molecule has 1 aromatic heterocycles. The van der Waals surface area contributed by atoms with Gasteiger partial charge in [0, 0.05) is 17.3 Å². The molecule has 4 rings (SSSR count). The van der Waals surface area contributed by atoms with E-state index in [1.165, 1.54) is 0 Å². The number of nitrogens with one attached hydrogen (secondary N) is 1. The highest BCUT2D eigenvalue weighted by molar-refractivity contribution is 5.42. The molecule has 84 valence electrons. The molecule has 0 atom stereocenters. The van der Waals surface area contributed by atoms with E-state index < -0.39 is 11.0 Å². The molecule has 0 radical (unpaired) electrons. The average Bonchev–Trinajstić information content (AvgIpc) is 2.40. The van der Waals surface area contributed by atoms with Gasteiger partial charge in [-0.2, -0.15) is 0 Å². The van der Waals surface area contributed by atoms with E-state index in [1.54, 1.807) is 0 Å². The molecule has 2 N–H and O–H groups in total. The third-order valence-electron chi connectivity index (χ3n) is 3.85. The molecule has 0 aromatic carbocycles. The molecular formula is C12H13NO3. The summed E-state index contributed by atoms with van der Waals surface area (Å²) in [6.07, 6.45) is 4.19. The van der Waals surface area contributed by atoms with E-state index in [-0.39, 0.29) is 5.75 Å². The van der Waals surface area contributed by atoms with Crippen molar-refractivity contribution in [1.29, 1.82) is 0 Å². The average molecular weight is 219 g/mol. The third kappa shape index (κ3) is 1.22. The molecule has 1 fully saturated rings. The molecule has 3 aliphatic rings. The zero-order valence-electron chi connectivity index (χ0n) is 8.82. The first-order valence-electron chi connectivity index (χ1n) is 5.67. The second-order valence-corrected chi connectivity index (χ2v) is 4.72. The molecule has 2 bridgehead atoms. The summed E-state index contributed by atoms with van der Waals surface area (Å²) in [5, 5.41) is 9.88. The second-order valence-electron chi connectivity index (χ2n) is 4.72. The summed E-state index contributed by atoms with van der Waals surface area (Å²) in [5.74, 6) is 0.612. The Kier molecular flexibility index (Phi) is 1.93. The molecule has 4 heteroatoms. The Morgan fingerprint density at radius 3 is 2.44 bits per heavy atom. The number of hydrogen-bond acceptors (Lipinski definition) is 3. The zero-order valence-corrected chi connectivity index (χ0v) is 8.82. The second kappa shape index (κ2) is 3.20. The van der Waals surface area contributed by atoms with Gasteiger partial charge in [-0.15, -0.1) is 0 Å². The van der Waals surface area contributed by atoms with Crippen molar-refractivity contribution in [2.24, 2.45) is 0 Å². The predicted molar refractivity (Wildman–Crippen MR) is 58.9 cm³/mol. The van der Waals surface area contributed by atoms with Crippen LogP contribution in [-0.2, 0) is 0 Å². The Balaban J connectivity index is 2.40. The van der Waals surface area contributed by atoms with E-state index in [0.717, 1.165) is 43.0 Å². The lowest BCUT2D eigenvalue weighted by molar-refractivity contribution is 0.337. The van der Waals surface area contributed by atoms with Crippen molar-refractivity contribution in [3.05, 3.63) is 37.9 Å². The van der Waals surface area contributed by atoms with E-state index in [1.807, 2.05) is 0 Å². The van der Waals surface area contributed by atoms with Crippen LogP contribution in [0.5, 0.6) is 5.75 Å². The lowest BCUT2D eigenvalue weighted by Crippen LogP contribution is -2.27. The van der Waals surface area contributed by atoms with Gasteiger partial charge in [-0.3, -0.25) is 9.59 Å². The van der Waals surface area contributed by atoms with Crippen LogP contribution in [0, 0.1) is 0 Å². The van der Waals surface area contributed by atoms with Gasteiger partial charge in [-0.05, 0) is 37.5 Å². The summed E-state index contributed by atoms with van der Waals surface area (Å²) in [7, 11) is 0. The lowest BCUT2D eigenvalue weighted by Gasteiger charge is -2.36. The predicted octanol–water partition coefficient (Wildman–Crippen LogP) is 1.20. The van der Waals surface area contributed by atoms with Crippen molar-refractivity contribution < 1.29 is 5.11 Å². The van der Waals surface area contributed by atoms with Crippen LogP contribution in [0.15, 0.2) is 15.7 Å². The maximum absolute atomic E-state index is 11.4. The number of rotatable bonds is 0. The largest absolute Gasteiger partial charge is 0.507 e. The standard InChI is InChI=1S/C12H13NO3/c14-8-5-9(15)12(16)13-11-7-3-1-6(2-4-7)10(8)11/h5-7,14H,1-4H2,(H,13,15,16). The molecule has 4 nitrogen and oxygen atoms in total. The molecule has 0 amide bonds. The normalized spacial score (nSPS) is 26.5. The minimum atomic E-state index is -0.661. The molecule has 0 unspecified atom stereocenters. The molecule has 3 aliphatic carbocycles. The van der Waals surface area contributed by atoms with Crippen molar-refractivity contribution >= 4 is 0 Å². The van der Waals surface area contributed by atoms with Gasteiger partial charge >= 0.3 is 0 Å². The first kappa shape index (κ1) is 9.63. The first-order valence-corrected chi connectivity index (χ1v) is 5.67. The van der Waals surface area contributed by atoms with Crippen LogP contribution in [0.2, 0.25) is 0 Å². The van der Waals surface area contributed by atoms with Crippen molar-refractivity contribution in [2.45, 2.75) is 37.5 Å². The Labute approximate surface area is 92.0 Å². The van der Waals surface area contributed by atoms with Crippen LogP contribution >= 0.6 is 0 Å². The highest BCUT2D eigenvalue weighted by Crippen LogP contribution is 2.50. The van der Waals surface area contributed by atoms with E-state index in [9.17, 15) is 14.7 Å². The summed E-state index contributed by atoms with van der Waals surface area (Å²) < 4.78 is 0. The summed E-state index contributed by atoms with van der Waals surface area (Å²) in [6.45, 7) is 0. The van der Waals surface area contributed by atoms with Crippen molar-refractivity contribution in [3.63, 3.8) is 0 Å². The molecule has 1 aromatic rings. The minimum absolute atomic E-state index is 0.00671.